The number of halogens is 1. The number of rotatable bonds is 6. The number of nitrogens with one attached hydrogen (secondary N) is 1. The second kappa shape index (κ2) is 8.09. The van der Waals surface area contributed by atoms with Crippen LogP contribution in [-0.2, 0) is 21.5 Å². The maximum absolute atomic E-state index is 11.9. The van der Waals surface area contributed by atoms with Gasteiger partial charge in [0.15, 0.2) is 0 Å². The molecule has 0 spiro atoms. The van der Waals surface area contributed by atoms with Crippen molar-refractivity contribution in [3.63, 3.8) is 0 Å². The van der Waals surface area contributed by atoms with Gasteiger partial charge in [0.05, 0.1) is 17.3 Å². The van der Waals surface area contributed by atoms with Gasteiger partial charge in [-0.2, -0.15) is 0 Å². The Morgan fingerprint density at radius 3 is 2.45 bits per heavy atom. The molecule has 3 aromatic rings. The standard InChI is InChI=1S/C28H31ClN2O2/c1-2-33-27(32)17-31-8-7-21-12-23(4-6-26(21)31)30-25-5-3-22(13-24(25)29)28-14-18-9-19(15-28)11-20(10-18)16-28/h3-8,12-13,18-20,30H,2,9-11,14-17H2,1H3. The fraction of sp³-hybridized carbons (Fsp3) is 0.464. The van der Waals surface area contributed by atoms with Gasteiger partial charge in [-0.3, -0.25) is 4.79 Å². The van der Waals surface area contributed by atoms with Gasteiger partial charge in [-0.1, -0.05) is 17.7 Å². The van der Waals surface area contributed by atoms with Crippen molar-refractivity contribution in [3.8, 4) is 0 Å². The normalized spacial score (nSPS) is 27.8. The molecule has 0 radical (unpaired) electrons. The molecule has 2 aromatic carbocycles. The number of hydrogen-bond donors (Lipinski definition) is 1. The van der Waals surface area contributed by atoms with Crippen molar-refractivity contribution >= 4 is 39.8 Å². The second-order valence-corrected chi connectivity index (χ2v) is 10.9. The van der Waals surface area contributed by atoms with Gasteiger partial charge in [-0.25, -0.2) is 0 Å². The van der Waals surface area contributed by atoms with E-state index in [0.717, 1.165) is 45.1 Å². The summed E-state index contributed by atoms with van der Waals surface area (Å²) < 4.78 is 7.00. The van der Waals surface area contributed by atoms with Gasteiger partial charge in [0, 0.05) is 22.8 Å². The molecule has 172 valence electrons. The van der Waals surface area contributed by atoms with Crippen molar-refractivity contribution in [2.75, 3.05) is 11.9 Å². The van der Waals surface area contributed by atoms with Gasteiger partial charge >= 0.3 is 5.97 Å². The Balaban J connectivity index is 1.21. The number of benzene rings is 2. The minimum atomic E-state index is -0.219. The van der Waals surface area contributed by atoms with E-state index < -0.39 is 0 Å². The zero-order chi connectivity index (χ0) is 22.6. The van der Waals surface area contributed by atoms with Crippen LogP contribution >= 0.6 is 11.6 Å². The molecule has 1 heterocycles. The first-order chi connectivity index (χ1) is 16.0. The number of carbonyl (C=O) groups excluding carboxylic acids is 1. The quantitative estimate of drug-likeness (QED) is 0.398. The average Bonchev–Trinajstić information content (AvgIpc) is 3.16. The number of esters is 1. The monoisotopic (exact) mass is 462 g/mol. The molecule has 0 aliphatic heterocycles. The third-order valence-corrected chi connectivity index (χ3v) is 8.59. The maximum Gasteiger partial charge on any atom is 0.325 e. The first-order valence-electron chi connectivity index (χ1n) is 12.3. The van der Waals surface area contributed by atoms with Gasteiger partial charge < -0.3 is 14.6 Å². The molecule has 33 heavy (non-hydrogen) atoms. The first kappa shape index (κ1) is 21.1. The molecule has 4 saturated carbocycles. The molecule has 0 saturated heterocycles. The van der Waals surface area contributed by atoms with E-state index >= 15 is 0 Å². The van der Waals surface area contributed by atoms with E-state index in [4.69, 9.17) is 16.3 Å². The van der Waals surface area contributed by atoms with E-state index in [-0.39, 0.29) is 12.5 Å². The molecule has 4 nitrogen and oxygen atoms in total. The highest BCUT2D eigenvalue weighted by Crippen LogP contribution is 2.61. The van der Waals surface area contributed by atoms with Crippen LogP contribution in [0.3, 0.4) is 0 Å². The summed E-state index contributed by atoms with van der Waals surface area (Å²) in [6, 6.07) is 14.9. The fourth-order valence-corrected chi connectivity index (χ4v) is 7.56. The van der Waals surface area contributed by atoms with E-state index in [1.807, 2.05) is 35.9 Å². The average molecular weight is 463 g/mol. The molecule has 0 amide bonds. The van der Waals surface area contributed by atoms with Gasteiger partial charge in [-0.15, -0.1) is 0 Å². The summed E-state index contributed by atoms with van der Waals surface area (Å²) in [4.78, 5) is 11.9. The zero-order valence-corrected chi connectivity index (χ0v) is 19.9. The van der Waals surface area contributed by atoms with Gasteiger partial charge in [0.1, 0.15) is 6.54 Å². The minimum Gasteiger partial charge on any atom is -0.465 e. The molecule has 4 bridgehead atoms. The van der Waals surface area contributed by atoms with Crippen LogP contribution in [0.15, 0.2) is 48.7 Å². The van der Waals surface area contributed by atoms with Crippen molar-refractivity contribution in [1.29, 1.82) is 0 Å². The Hall–Kier alpha value is -2.46. The lowest BCUT2D eigenvalue weighted by molar-refractivity contribution is -0.143. The van der Waals surface area contributed by atoms with Crippen LogP contribution in [0.2, 0.25) is 5.02 Å². The van der Waals surface area contributed by atoms with Crippen LogP contribution in [0.25, 0.3) is 10.9 Å². The lowest BCUT2D eigenvalue weighted by atomic mass is 9.48. The second-order valence-electron chi connectivity index (χ2n) is 10.5. The van der Waals surface area contributed by atoms with Crippen molar-refractivity contribution < 1.29 is 9.53 Å². The smallest absolute Gasteiger partial charge is 0.325 e. The van der Waals surface area contributed by atoms with Gasteiger partial charge in [-0.05, 0) is 111 Å². The van der Waals surface area contributed by atoms with Crippen LogP contribution in [0, 0.1) is 17.8 Å². The Labute approximate surface area is 200 Å². The lowest BCUT2D eigenvalue weighted by Crippen LogP contribution is -2.48. The summed E-state index contributed by atoms with van der Waals surface area (Å²) in [5.74, 6) is 2.56. The van der Waals surface area contributed by atoms with E-state index in [1.165, 1.54) is 44.1 Å². The highest BCUT2D eigenvalue weighted by Gasteiger charge is 2.51. The summed E-state index contributed by atoms with van der Waals surface area (Å²) in [5.41, 5.74) is 4.74. The van der Waals surface area contributed by atoms with Crippen molar-refractivity contribution in [3.05, 3.63) is 59.2 Å². The third kappa shape index (κ3) is 3.82. The molecule has 7 rings (SSSR count). The topological polar surface area (TPSA) is 43.3 Å². The Kier molecular flexibility index (Phi) is 5.17. The number of anilines is 2. The number of hydrogen-bond acceptors (Lipinski definition) is 3. The third-order valence-electron chi connectivity index (χ3n) is 8.27. The first-order valence-corrected chi connectivity index (χ1v) is 12.7. The molecular weight excluding hydrogens is 432 g/mol. The zero-order valence-electron chi connectivity index (χ0n) is 19.1. The van der Waals surface area contributed by atoms with Crippen LogP contribution < -0.4 is 5.32 Å². The van der Waals surface area contributed by atoms with E-state index in [9.17, 15) is 4.79 Å². The molecule has 5 heteroatoms. The number of aromatic nitrogens is 1. The highest BCUT2D eigenvalue weighted by atomic mass is 35.5. The molecular formula is C28H31ClN2O2. The summed E-state index contributed by atoms with van der Waals surface area (Å²) in [7, 11) is 0. The van der Waals surface area contributed by atoms with Crippen LogP contribution in [0.4, 0.5) is 11.4 Å². The Bertz CT molecular complexity index is 1180. The molecule has 4 aliphatic rings. The highest BCUT2D eigenvalue weighted by molar-refractivity contribution is 6.33. The number of carbonyl (C=O) groups is 1. The largest absolute Gasteiger partial charge is 0.465 e. The summed E-state index contributed by atoms with van der Waals surface area (Å²) >= 11 is 6.81. The van der Waals surface area contributed by atoms with E-state index in [0.29, 0.717) is 12.0 Å². The Morgan fingerprint density at radius 2 is 1.79 bits per heavy atom. The lowest BCUT2D eigenvalue weighted by Gasteiger charge is -2.57. The van der Waals surface area contributed by atoms with Crippen molar-refractivity contribution in [2.24, 2.45) is 17.8 Å². The van der Waals surface area contributed by atoms with E-state index in [2.05, 4.69) is 29.6 Å². The maximum atomic E-state index is 11.9. The van der Waals surface area contributed by atoms with Crippen LogP contribution in [-0.4, -0.2) is 17.1 Å². The molecule has 0 unspecified atom stereocenters. The van der Waals surface area contributed by atoms with Crippen LogP contribution in [0.1, 0.15) is 51.0 Å². The molecule has 1 N–H and O–H groups in total. The van der Waals surface area contributed by atoms with Crippen LogP contribution in [0.5, 0.6) is 0 Å². The summed E-state index contributed by atoms with van der Waals surface area (Å²) in [6.45, 7) is 2.45. The number of fused-ring (bicyclic) bond motifs is 1. The van der Waals surface area contributed by atoms with Gasteiger partial charge in [0.2, 0.25) is 0 Å². The van der Waals surface area contributed by atoms with Gasteiger partial charge in [0.25, 0.3) is 0 Å². The molecule has 1 aromatic heterocycles. The molecule has 0 atom stereocenters. The number of ether oxygens (including phenoxy) is 1. The SMILES string of the molecule is CCOC(=O)Cn1ccc2cc(Nc3ccc(C45CC6CC(CC(C6)C4)C5)cc3Cl)ccc21. The predicted octanol–water partition coefficient (Wildman–Crippen LogP) is 7.07. The Morgan fingerprint density at radius 1 is 1.06 bits per heavy atom. The summed E-state index contributed by atoms with van der Waals surface area (Å²) in [5, 5.41) is 5.37. The number of nitrogens with zero attached hydrogens (tertiary/aromatic N) is 1. The fourth-order valence-electron chi connectivity index (χ4n) is 7.33. The molecule has 4 fully saturated rings. The predicted molar refractivity (Wildman–Crippen MR) is 133 cm³/mol. The van der Waals surface area contributed by atoms with Crippen molar-refractivity contribution in [1.82, 2.24) is 4.57 Å². The summed E-state index contributed by atoms with van der Waals surface area (Å²) in [6.07, 6.45) is 10.3. The van der Waals surface area contributed by atoms with Crippen molar-refractivity contribution in [2.45, 2.75) is 57.4 Å². The van der Waals surface area contributed by atoms with E-state index in [1.54, 1.807) is 0 Å². The minimum absolute atomic E-state index is 0.219. The molecule has 4 aliphatic carbocycles.